The van der Waals surface area contributed by atoms with Crippen molar-refractivity contribution in [1.82, 2.24) is 9.36 Å². The van der Waals surface area contributed by atoms with Gasteiger partial charge in [-0.3, -0.25) is 29.3 Å². The highest BCUT2D eigenvalue weighted by Gasteiger charge is 2.38. The molecule has 0 aliphatic carbocycles. The fourth-order valence-electron chi connectivity index (χ4n) is 4.02. The van der Waals surface area contributed by atoms with E-state index in [1.807, 2.05) is 18.2 Å². The summed E-state index contributed by atoms with van der Waals surface area (Å²) in [5, 5.41) is 11.4. The first-order valence-corrected chi connectivity index (χ1v) is 12.0. The standard InChI is InChI=1S/C25H18N4O5S2/c1-15-22(24(31)28(26(15)2)16-8-4-3-5-9-16)27-23(30)21(36-25(27)35)14-17-12-13-20(34-17)18-10-6-7-11-19(18)29(32)33/h3-14H,1-2H3/b21-14-. The Morgan fingerprint density at radius 3 is 2.44 bits per heavy atom. The summed E-state index contributed by atoms with van der Waals surface area (Å²) in [6.07, 6.45) is 1.52. The largest absolute Gasteiger partial charge is 0.456 e. The first kappa shape index (κ1) is 23.5. The number of thioether (sulfide) groups is 1. The third-order valence-electron chi connectivity index (χ3n) is 5.81. The van der Waals surface area contributed by atoms with Crippen molar-refractivity contribution < 1.29 is 14.1 Å². The van der Waals surface area contributed by atoms with E-state index in [0.29, 0.717) is 28.5 Å². The normalized spacial score (nSPS) is 14.7. The van der Waals surface area contributed by atoms with Gasteiger partial charge in [0.25, 0.3) is 17.2 Å². The molecule has 5 rings (SSSR count). The molecule has 0 N–H and O–H groups in total. The predicted molar refractivity (Wildman–Crippen MR) is 142 cm³/mol. The lowest BCUT2D eigenvalue weighted by molar-refractivity contribution is -0.384. The van der Waals surface area contributed by atoms with Crippen molar-refractivity contribution in [2.24, 2.45) is 7.05 Å². The number of furan rings is 1. The van der Waals surface area contributed by atoms with E-state index in [-0.39, 0.29) is 26.2 Å². The van der Waals surface area contributed by atoms with E-state index >= 15 is 0 Å². The van der Waals surface area contributed by atoms with Gasteiger partial charge in [-0.15, -0.1) is 0 Å². The van der Waals surface area contributed by atoms with Gasteiger partial charge in [0.05, 0.1) is 26.8 Å². The summed E-state index contributed by atoms with van der Waals surface area (Å²) in [5.41, 5.74) is 1.31. The van der Waals surface area contributed by atoms with Crippen LogP contribution in [0.25, 0.3) is 23.1 Å². The molecule has 180 valence electrons. The van der Waals surface area contributed by atoms with Gasteiger partial charge in [0.15, 0.2) is 4.32 Å². The summed E-state index contributed by atoms with van der Waals surface area (Å²) >= 11 is 6.53. The number of aromatic nitrogens is 2. The molecule has 1 saturated heterocycles. The van der Waals surface area contributed by atoms with Crippen molar-refractivity contribution in [3.63, 3.8) is 0 Å². The van der Waals surface area contributed by atoms with Gasteiger partial charge >= 0.3 is 0 Å². The van der Waals surface area contributed by atoms with Crippen LogP contribution < -0.4 is 10.5 Å². The number of hydrogen-bond donors (Lipinski definition) is 0. The fourth-order valence-corrected chi connectivity index (χ4v) is 5.27. The predicted octanol–water partition coefficient (Wildman–Crippen LogP) is 5.06. The van der Waals surface area contributed by atoms with Crippen LogP contribution in [0.3, 0.4) is 0 Å². The number of nitro groups is 1. The Balaban J connectivity index is 1.50. The van der Waals surface area contributed by atoms with E-state index < -0.39 is 10.8 Å². The quantitative estimate of drug-likeness (QED) is 0.157. The van der Waals surface area contributed by atoms with Gasteiger partial charge in [-0.2, -0.15) is 0 Å². The van der Waals surface area contributed by atoms with Gasteiger partial charge in [-0.1, -0.05) is 54.3 Å². The van der Waals surface area contributed by atoms with E-state index in [2.05, 4.69) is 0 Å². The number of rotatable bonds is 5. The molecule has 4 aromatic rings. The lowest BCUT2D eigenvalue weighted by Gasteiger charge is -2.12. The SMILES string of the molecule is Cc1c(N2C(=O)/C(=C/c3ccc(-c4ccccc4[N+](=O)[O-])o3)SC2=S)c(=O)n(-c2ccccc2)n1C. The smallest absolute Gasteiger partial charge is 0.296 e. The molecule has 1 aliphatic heterocycles. The average Bonchev–Trinajstić information content (AvgIpc) is 3.50. The molecule has 0 spiro atoms. The van der Waals surface area contributed by atoms with Crippen LogP contribution in [0.2, 0.25) is 0 Å². The number of para-hydroxylation sites is 2. The average molecular weight is 519 g/mol. The maximum absolute atomic E-state index is 13.4. The number of hydrogen-bond acceptors (Lipinski definition) is 7. The van der Waals surface area contributed by atoms with Gasteiger partial charge in [-0.05, 0) is 37.3 Å². The molecule has 2 aromatic heterocycles. The molecule has 0 radical (unpaired) electrons. The van der Waals surface area contributed by atoms with Gasteiger partial charge in [0, 0.05) is 19.2 Å². The lowest BCUT2D eigenvalue weighted by Crippen LogP contribution is -2.33. The summed E-state index contributed by atoms with van der Waals surface area (Å²) in [7, 11) is 1.74. The third-order valence-corrected chi connectivity index (χ3v) is 7.11. The minimum absolute atomic E-state index is 0.0843. The Hall–Kier alpha value is -4.22. The number of anilines is 1. The summed E-state index contributed by atoms with van der Waals surface area (Å²) in [6.45, 7) is 1.75. The molecule has 3 heterocycles. The summed E-state index contributed by atoms with van der Waals surface area (Å²) in [4.78, 5) is 39.1. The highest BCUT2D eigenvalue weighted by molar-refractivity contribution is 8.27. The van der Waals surface area contributed by atoms with Crippen LogP contribution in [0.5, 0.6) is 0 Å². The molecule has 1 fully saturated rings. The molecule has 0 saturated carbocycles. The van der Waals surface area contributed by atoms with Crippen LogP contribution in [0.15, 0.2) is 80.8 Å². The van der Waals surface area contributed by atoms with Crippen molar-refractivity contribution >= 4 is 51.7 Å². The molecule has 36 heavy (non-hydrogen) atoms. The van der Waals surface area contributed by atoms with E-state index in [0.717, 1.165) is 11.8 Å². The van der Waals surface area contributed by atoms with Crippen LogP contribution in [0.1, 0.15) is 11.5 Å². The fraction of sp³-hybridized carbons (Fsp3) is 0.0800. The van der Waals surface area contributed by atoms with Gasteiger partial charge in [-0.25, -0.2) is 4.68 Å². The number of carbonyl (C=O) groups excluding carboxylic acids is 1. The zero-order chi connectivity index (χ0) is 25.6. The van der Waals surface area contributed by atoms with E-state index in [1.165, 1.54) is 21.7 Å². The summed E-state index contributed by atoms with van der Waals surface area (Å²) in [5.74, 6) is 0.184. The Morgan fingerprint density at radius 2 is 1.72 bits per heavy atom. The molecular weight excluding hydrogens is 500 g/mol. The van der Waals surface area contributed by atoms with E-state index in [9.17, 15) is 19.7 Å². The maximum atomic E-state index is 13.4. The molecule has 0 atom stereocenters. The number of carbonyl (C=O) groups is 1. The molecule has 1 amide bonds. The van der Waals surface area contributed by atoms with E-state index in [1.54, 1.807) is 61.1 Å². The summed E-state index contributed by atoms with van der Waals surface area (Å²) in [6, 6.07) is 18.6. The topological polar surface area (TPSA) is 104 Å². The first-order chi connectivity index (χ1) is 17.3. The Bertz CT molecular complexity index is 1630. The van der Waals surface area contributed by atoms with Crippen LogP contribution in [0.4, 0.5) is 11.4 Å². The van der Waals surface area contributed by atoms with Crippen molar-refractivity contribution in [3.05, 3.63) is 104 Å². The number of benzene rings is 2. The summed E-state index contributed by atoms with van der Waals surface area (Å²) < 4.78 is 9.19. The molecule has 0 bridgehead atoms. The zero-order valence-electron chi connectivity index (χ0n) is 19.1. The maximum Gasteiger partial charge on any atom is 0.296 e. The monoisotopic (exact) mass is 518 g/mol. The highest BCUT2D eigenvalue weighted by atomic mass is 32.2. The second kappa shape index (κ2) is 9.10. The second-order valence-electron chi connectivity index (χ2n) is 7.90. The lowest BCUT2D eigenvalue weighted by atomic mass is 10.1. The number of amides is 1. The Labute approximate surface area is 214 Å². The molecule has 0 unspecified atom stereocenters. The Morgan fingerprint density at radius 1 is 1.03 bits per heavy atom. The molecule has 9 nitrogen and oxygen atoms in total. The number of thiocarbonyl (C=S) groups is 1. The number of nitrogens with zero attached hydrogens (tertiary/aromatic N) is 4. The zero-order valence-corrected chi connectivity index (χ0v) is 20.7. The van der Waals surface area contributed by atoms with Gasteiger partial charge in [0.2, 0.25) is 0 Å². The minimum Gasteiger partial charge on any atom is -0.456 e. The number of nitro benzene ring substituents is 1. The molecule has 2 aromatic carbocycles. The highest BCUT2D eigenvalue weighted by Crippen LogP contribution is 2.37. The van der Waals surface area contributed by atoms with Gasteiger partial charge < -0.3 is 4.42 Å². The first-order valence-electron chi connectivity index (χ1n) is 10.7. The second-order valence-corrected chi connectivity index (χ2v) is 9.58. The van der Waals surface area contributed by atoms with Gasteiger partial charge in [0.1, 0.15) is 17.2 Å². The third kappa shape index (κ3) is 3.88. The van der Waals surface area contributed by atoms with Crippen molar-refractivity contribution in [2.75, 3.05) is 4.90 Å². The van der Waals surface area contributed by atoms with Crippen LogP contribution in [-0.4, -0.2) is 24.5 Å². The van der Waals surface area contributed by atoms with Crippen LogP contribution in [0, 0.1) is 17.0 Å². The minimum atomic E-state index is -0.479. The van der Waals surface area contributed by atoms with Crippen LogP contribution in [-0.2, 0) is 11.8 Å². The van der Waals surface area contributed by atoms with Crippen LogP contribution >= 0.6 is 24.0 Å². The van der Waals surface area contributed by atoms with E-state index in [4.69, 9.17) is 16.6 Å². The van der Waals surface area contributed by atoms with Crippen molar-refractivity contribution in [1.29, 1.82) is 0 Å². The van der Waals surface area contributed by atoms with Crippen molar-refractivity contribution in [3.8, 4) is 17.0 Å². The molecule has 1 aliphatic rings. The van der Waals surface area contributed by atoms with Crippen molar-refractivity contribution in [2.45, 2.75) is 6.92 Å². The molecule has 11 heteroatoms. The molecular formula is C25H18N4O5S2. The Kier molecular flexibility index (Phi) is 5.94.